The third-order valence-corrected chi connectivity index (χ3v) is 5.91. The molecule has 2 aromatic carbocycles. The number of amides is 2. The van der Waals surface area contributed by atoms with Crippen molar-refractivity contribution in [3.63, 3.8) is 0 Å². The number of hydrogen-bond acceptors (Lipinski definition) is 4. The van der Waals surface area contributed by atoms with Gasteiger partial charge in [-0.1, -0.05) is 12.1 Å². The lowest BCUT2D eigenvalue weighted by Gasteiger charge is -2.18. The molecule has 2 amide bonds. The van der Waals surface area contributed by atoms with Crippen LogP contribution in [0, 0.1) is 0 Å². The molecule has 3 rings (SSSR count). The zero-order chi connectivity index (χ0) is 20.1. The van der Waals surface area contributed by atoms with Gasteiger partial charge in [-0.3, -0.25) is 14.3 Å². The van der Waals surface area contributed by atoms with Gasteiger partial charge >= 0.3 is 0 Å². The van der Waals surface area contributed by atoms with Crippen molar-refractivity contribution >= 4 is 33.2 Å². The Morgan fingerprint density at radius 2 is 1.64 bits per heavy atom. The maximum Gasteiger partial charge on any atom is 0.255 e. The lowest BCUT2D eigenvalue weighted by Crippen LogP contribution is -2.28. The summed E-state index contributed by atoms with van der Waals surface area (Å²) in [6.45, 7) is 3.01. The van der Waals surface area contributed by atoms with Gasteiger partial charge in [0.15, 0.2) is 0 Å². The molecule has 148 valence electrons. The van der Waals surface area contributed by atoms with E-state index in [9.17, 15) is 18.0 Å². The second-order valence-electron chi connectivity index (χ2n) is 6.58. The Bertz CT molecular complexity index is 965. The lowest BCUT2D eigenvalue weighted by atomic mass is 10.1. The molecule has 1 saturated heterocycles. The van der Waals surface area contributed by atoms with Crippen LogP contribution in [0.25, 0.3) is 0 Å². The molecule has 0 unspecified atom stereocenters. The summed E-state index contributed by atoms with van der Waals surface area (Å²) >= 11 is 0. The molecule has 1 aliphatic rings. The van der Waals surface area contributed by atoms with E-state index in [1.54, 1.807) is 36.1 Å². The second-order valence-corrected chi connectivity index (χ2v) is 8.59. The summed E-state index contributed by atoms with van der Waals surface area (Å²) in [5.41, 5.74) is 1.68. The number of hydrogen-bond donors (Lipinski definition) is 2. The van der Waals surface area contributed by atoms with Gasteiger partial charge in [-0.2, -0.15) is 0 Å². The predicted molar refractivity (Wildman–Crippen MR) is 109 cm³/mol. The van der Waals surface area contributed by atoms with Crippen molar-refractivity contribution in [1.29, 1.82) is 0 Å². The number of nitrogens with one attached hydrogen (secondary N) is 2. The standard InChI is InChI=1S/C20H23N3O4S/c1-2-28(26,27)22-16-11-9-15(10-12-16)19(24)21-18-8-4-3-7-17(18)20(25)23-13-5-6-14-23/h3-4,7-12,22H,2,5-6,13-14H2,1H3,(H,21,24). The smallest absolute Gasteiger partial charge is 0.255 e. The second kappa shape index (κ2) is 8.43. The molecule has 0 spiro atoms. The molecule has 2 N–H and O–H groups in total. The van der Waals surface area contributed by atoms with Crippen molar-refractivity contribution in [3.8, 4) is 0 Å². The van der Waals surface area contributed by atoms with E-state index in [1.165, 1.54) is 24.3 Å². The monoisotopic (exact) mass is 401 g/mol. The quantitative estimate of drug-likeness (QED) is 0.778. The van der Waals surface area contributed by atoms with Crippen LogP contribution in [-0.2, 0) is 10.0 Å². The summed E-state index contributed by atoms with van der Waals surface area (Å²) in [4.78, 5) is 27.1. The van der Waals surface area contributed by atoms with E-state index < -0.39 is 10.0 Å². The third kappa shape index (κ3) is 4.69. The summed E-state index contributed by atoms with van der Waals surface area (Å²) in [5, 5.41) is 2.78. The number of likely N-dealkylation sites (tertiary alicyclic amines) is 1. The number of carbonyl (C=O) groups is 2. The first-order valence-electron chi connectivity index (χ1n) is 9.20. The lowest BCUT2D eigenvalue weighted by molar-refractivity contribution is 0.0794. The van der Waals surface area contributed by atoms with E-state index in [-0.39, 0.29) is 17.6 Å². The number of carbonyl (C=O) groups excluding carboxylic acids is 2. The SMILES string of the molecule is CCS(=O)(=O)Nc1ccc(C(=O)Nc2ccccc2C(=O)N2CCCC2)cc1. The van der Waals surface area contributed by atoms with Gasteiger partial charge in [-0.25, -0.2) is 8.42 Å². The van der Waals surface area contributed by atoms with Crippen molar-refractivity contribution in [2.24, 2.45) is 0 Å². The number of para-hydroxylation sites is 1. The highest BCUT2D eigenvalue weighted by Crippen LogP contribution is 2.21. The van der Waals surface area contributed by atoms with Gasteiger partial charge in [-0.15, -0.1) is 0 Å². The van der Waals surface area contributed by atoms with E-state index >= 15 is 0 Å². The van der Waals surface area contributed by atoms with Crippen LogP contribution in [0.1, 0.15) is 40.5 Å². The summed E-state index contributed by atoms with van der Waals surface area (Å²) in [6, 6.07) is 13.1. The fraction of sp³-hybridized carbons (Fsp3) is 0.300. The molecular formula is C20H23N3O4S. The molecule has 7 nitrogen and oxygen atoms in total. The van der Waals surface area contributed by atoms with Crippen LogP contribution in [0.5, 0.6) is 0 Å². The zero-order valence-corrected chi connectivity index (χ0v) is 16.5. The van der Waals surface area contributed by atoms with Crippen LogP contribution in [0.4, 0.5) is 11.4 Å². The highest BCUT2D eigenvalue weighted by atomic mass is 32.2. The molecule has 2 aromatic rings. The van der Waals surface area contributed by atoms with Crippen molar-refractivity contribution in [1.82, 2.24) is 4.90 Å². The maximum absolute atomic E-state index is 12.7. The first kappa shape index (κ1) is 19.9. The molecule has 28 heavy (non-hydrogen) atoms. The first-order valence-corrected chi connectivity index (χ1v) is 10.8. The molecule has 0 aliphatic carbocycles. The van der Waals surface area contributed by atoms with Gasteiger partial charge in [0.25, 0.3) is 11.8 Å². The average molecular weight is 401 g/mol. The van der Waals surface area contributed by atoms with Gasteiger partial charge in [0.05, 0.1) is 17.0 Å². The van der Waals surface area contributed by atoms with Gasteiger partial charge in [0.1, 0.15) is 0 Å². The third-order valence-electron chi connectivity index (χ3n) is 4.60. The van der Waals surface area contributed by atoms with Gasteiger partial charge < -0.3 is 10.2 Å². The first-order chi connectivity index (χ1) is 13.4. The predicted octanol–water partition coefficient (Wildman–Crippen LogP) is 2.94. The molecule has 0 saturated carbocycles. The van der Waals surface area contributed by atoms with Crippen molar-refractivity contribution in [2.75, 3.05) is 28.9 Å². The zero-order valence-electron chi connectivity index (χ0n) is 15.6. The highest BCUT2D eigenvalue weighted by molar-refractivity contribution is 7.92. The van der Waals surface area contributed by atoms with Crippen LogP contribution in [0.15, 0.2) is 48.5 Å². The number of nitrogens with zero attached hydrogens (tertiary/aromatic N) is 1. The Labute approximate surface area is 164 Å². The summed E-state index contributed by atoms with van der Waals surface area (Å²) in [5.74, 6) is -0.485. The summed E-state index contributed by atoms with van der Waals surface area (Å²) in [6.07, 6.45) is 1.99. The number of anilines is 2. The van der Waals surface area contributed by atoms with Gasteiger partial charge in [0, 0.05) is 24.3 Å². The molecule has 8 heteroatoms. The minimum atomic E-state index is -3.37. The van der Waals surface area contributed by atoms with Crippen molar-refractivity contribution in [3.05, 3.63) is 59.7 Å². The van der Waals surface area contributed by atoms with Crippen molar-refractivity contribution in [2.45, 2.75) is 19.8 Å². The summed E-state index contributed by atoms with van der Waals surface area (Å²) in [7, 11) is -3.37. The topological polar surface area (TPSA) is 95.6 Å². The maximum atomic E-state index is 12.7. The van der Waals surface area contributed by atoms with Gasteiger partial charge in [-0.05, 0) is 56.2 Å². The molecule has 0 atom stereocenters. The number of sulfonamides is 1. The molecule has 0 bridgehead atoms. The van der Waals surface area contributed by atoms with E-state index in [4.69, 9.17) is 0 Å². The van der Waals surface area contributed by atoms with E-state index in [2.05, 4.69) is 10.0 Å². The van der Waals surface area contributed by atoms with E-state index in [0.29, 0.717) is 22.5 Å². The Balaban J connectivity index is 1.74. The molecule has 0 aromatic heterocycles. The van der Waals surface area contributed by atoms with Crippen LogP contribution >= 0.6 is 0 Å². The van der Waals surface area contributed by atoms with E-state index in [1.807, 2.05) is 0 Å². The van der Waals surface area contributed by atoms with Crippen LogP contribution < -0.4 is 10.0 Å². The van der Waals surface area contributed by atoms with E-state index in [0.717, 1.165) is 25.9 Å². The Hall–Kier alpha value is -2.87. The minimum Gasteiger partial charge on any atom is -0.339 e. The van der Waals surface area contributed by atoms with Crippen LogP contribution in [0.2, 0.25) is 0 Å². The molecule has 1 fully saturated rings. The largest absolute Gasteiger partial charge is 0.339 e. The molecular weight excluding hydrogens is 378 g/mol. The number of benzene rings is 2. The molecule has 1 heterocycles. The minimum absolute atomic E-state index is 0.0307. The average Bonchev–Trinajstić information content (AvgIpc) is 3.23. The normalized spacial score (nSPS) is 14.0. The highest BCUT2D eigenvalue weighted by Gasteiger charge is 2.22. The fourth-order valence-electron chi connectivity index (χ4n) is 3.01. The summed E-state index contributed by atoms with van der Waals surface area (Å²) < 4.78 is 25.7. The Morgan fingerprint density at radius 3 is 2.29 bits per heavy atom. The van der Waals surface area contributed by atoms with Gasteiger partial charge in [0.2, 0.25) is 10.0 Å². The number of rotatable bonds is 6. The molecule has 0 radical (unpaired) electrons. The fourth-order valence-corrected chi connectivity index (χ4v) is 3.64. The Morgan fingerprint density at radius 1 is 1.00 bits per heavy atom. The Kier molecular flexibility index (Phi) is 5.99. The van der Waals surface area contributed by atoms with Crippen LogP contribution in [-0.4, -0.2) is 44.0 Å². The van der Waals surface area contributed by atoms with Crippen molar-refractivity contribution < 1.29 is 18.0 Å². The molecule has 1 aliphatic heterocycles. The van der Waals surface area contributed by atoms with Crippen LogP contribution in [0.3, 0.4) is 0 Å².